The molecule has 7 heteroatoms. The summed E-state index contributed by atoms with van der Waals surface area (Å²) in [6.45, 7) is 3.39. The molecule has 90 valence electrons. The average molecular weight is 248 g/mol. The Kier molecular flexibility index (Phi) is 3.44. The summed E-state index contributed by atoms with van der Waals surface area (Å²) in [6.07, 6.45) is 1.26. The lowest BCUT2D eigenvalue weighted by Gasteiger charge is -2.45. The van der Waals surface area contributed by atoms with Crippen molar-refractivity contribution < 1.29 is 13.9 Å². The average Bonchev–Trinajstić information content (AvgIpc) is 2.61. The Morgan fingerprint density at radius 2 is 2.31 bits per heavy atom. The number of anilines is 1. The lowest BCUT2D eigenvalue weighted by atomic mass is 9.97. The van der Waals surface area contributed by atoms with Crippen LogP contribution in [0.5, 0.6) is 0 Å². The van der Waals surface area contributed by atoms with Crippen LogP contribution in [0.3, 0.4) is 0 Å². The molecule has 1 fully saturated rings. The second-order valence-corrected chi connectivity index (χ2v) is 3.89. The Labute approximate surface area is 99.2 Å². The van der Waals surface area contributed by atoms with Crippen molar-refractivity contribution in [3.63, 3.8) is 0 Å². The fourth-order valence-electron chi connectivity index (χ4n) is 1.55. The third kappa shape index (κ3) is 2.12. The number of rotatable bonds is 3. The summed E-state index contributed by atoms with van der Waals surface area (Å²) in [5, 5.41) is 0. The van der Waals surface area contributed by atoms with Gasteiger partial charge in [-0.3, -0.25) is 4.79 Å². The Hall–Kier alpha value is -1.27. The number of methoxy groups -OCH3 is 1. The maximum Gasteiger partial charge on any atom is 0.298 e. The predicted octanol–water partition coefficient (Wildman–Crippen LogP) is 0.420. The van der Waals surface area contributed by atoms with Gasteiger partial charge in [0.15, 0.2) is 5.69 Å². The van der Waals surface area contributed by atoms with Crippen LogP contribution in [-0.4, -0.2) is 36.7 Å². The molecule has 0 aliphatic carbocycles. The second kappa shape index (κ2) is 4.31. The molecule has 0 atom stereocenters. The Balaban J connectivity index is 0.00000128. The van der Waals surface area contributed by atoms with Crippen molar-refractivity contribution in [2.75, 3.05) is 25.1 Å². The first kappa shape index (κ1) is 12.8. The predicted molar refractivity (Wildman–Crippen MR) is 59.9 cm³/mol. The molecular weight excluding hydrogens is 234 g/mol. The molecule has 1 aliphatic heterocycles. The van der Waals surface area contributed by atoms with Crippen molar-refractivity contribution in [1.29, 1.82) is 0 Å². The zero-order valence-electron chi connectivity index (χ0n) is 9.10. The highest BCUT2D eigenvalue weighted by Crippen LogP contribution is 2.28. The van der Waals surface area contributed by atoms with Crippen LogP contribution in [0.1, 0.15) is 17.4 Å². The number of hydrogen-bond acceptors (Lipinski definition) is 5. The number of primary amides is 1. The van der Waals surface area contributed by atoms with E-state index in [9.17, 15) is 4.79 Å². The summed E-state index contributed by atoms with van der Waals surface area (Å²) in [6, 6.07) is 0.415. The topological polar surface area (TPSA) is 81.6 Å². The number of carbonyl (C=O) groups excluding carboxylic acids is 1. The van der Waals surface area contributed by atoms with E-state index in [0.29, 0.717) is 19.1 Å². The molecule has 0 saturated carbocycles. The van der Waals surface area contributed by atoms with Crippen molar-refractivity contribution >= 4 is 24.3 Å². The maximum atomic E-state index is 10.8. The normalized spacial score (nSPS) is 17.5. The molecule has 1 amide bonds. The van der Waals surface area contributed by atoms with E-state index in [1.54, 1.807) is 7.11 Å². The van der Waals surface area contributed by atoms with Crippen LogP contribution in [0.25, 0.3) is 0 Å². The lowest BCUT2D eigenvalue weighted by Crippen LogP contribution is -2.61. The van der Waals surface area contributed by atoms with Gasteiger partial charge in [0.2, 0.25) is 0 Å². The molecule has 6 nitrogen and oxygen atoms in total. The number of oxazole rings is 1. The largest absolute Gasteiger partial charge is 0.431 e. The number of aromatic nitrogens is 1. The third-order valence-corrected chi connectivity index (χ3v) is 2.56. The first-order valence-corrected chi connectivity index (χ1v) is 4.59. The summed E-state index contributed by atoms with van der Waals surface area (Å²) < 4.78 is 10.4. The van der Waals surface area contributed by atoms with Gasteiger partial charge in [-0.05, 0) is 6.92 Å². The molecule has 1 aliphatic rings. The van der Waals surface area contributed by atoms with E-state index in [1.165, 1.54) is 6.26 Å². The summed E-state index contributed by atoms with van der Waals surface area (Å²) >= 11 is 0. The summed E-state index contributed by atoms with van der Waals surface area (Å²) in [5.41, 5.74) is 5.06. The minimum Gasteiger partial charge on any atom is -0.431 e. The molecule has 0 spiro atoms. The van der Waals surface area contributed by atoms with Crippen LogP contribution >= 0.6 is 12.4 Å². The summed E-state index contributed by atoms with van der Waals surface area (Å²) in [4.78, 5) is 16.6. The van der Waals surface area contributed by atoms with Crippen LogP contribution in [0.4, 0.5) is 6.01 Å². The van der Waals surface area contributed by atoms with Crippen LogP contribution in [0.2, 0.25) is 0 Å². The van der Waals surface area contributed by atoms with Crippen LogP contribution in [0, 0.1) is 0 Å². The van der Waals surface area contributed by atoms with Crippen LogP contribution in [0.15, 0.2) is 10.7 Å². The van der Waals surface area contributed by atoms with Crippen molar-refractivity contribution in [3.8, 4) is 0 Å². The number of nitrogens with zero attached hydrogens (tertiary/aromatic N) is 2. The molecule has 1 aromatic rings. The molecule has 0 aromatic carbocycles. The fraction of sp³-hybridized carbons (Fsp3) is 0.556. The first-order chi connectivity index (χ1) is 7.04. The van der Waals surface area contributed by atoms with Gasteiger partial charge >= 0.3 is 0 Å². The van der Waals surface area contributed by atoms with E-state index in [1.807, 2.05) is 11.8 Å². The highest BCUT2D eigenvalue weighted by atomic mass is 35.5. The number of nitrogens with two attached hydrogens (primary N) is 1. The van der Waals surface area contributed by atoms with Gasteiger partial charge in [0, 0.05) is 7.11 Å². The molecule has 0 radical (unpaired) electrons. The van der Waals surface area contributed by atoms with E-state index in [-0.39, 0.29) is 23.7 Å². The minimum atomic E-state index is -0.583. The monoisotopic (exact) mass is 247 g/mol. The van der Waals surface area contributed by atoms with E-state index in [0.717, 1.165) is 0 Å². The van der Waals surface area contributed by atoms with Gasteiger partial charge in [-0.1, -0.05) is 0 Å². The lowest BCUT2D eigenvalue weighted by molar-refractivity contribution is -0.0190. The molecule has 0 unspecified atom stereocenters. The van der Waals surface area contributed by atoms with E-state index >= 15 is 0 Å². The molecule has 16 heavy (non-hydrogen) atoms. The highest BCUT2D eigenvalue weighted by Gasteiger charge is 2.41. The van der Waals surface area contributed by atoms with E-state index < -0.39 is 5.91 Å². The number of carbonyl (C=O) groups is 1. The van der Waals surface area contributed by atoms with Gasteiger partial charge in [-0.2, -0.15) is 4.98 Å². The Morgan fingerprint density at radius 1 is 1.69 bits per heavy atom. The van der Waals surface area contributed by atoms with Gasteiger partial charge in [-0.25, -0.2) is 0 Å². The van der Waals surface area contributed by atoms with Gasteiger partial charge in [0.1, 0.15) is 11.9 Å². The Bertz CT molecular complexity index is 387. The molecule has 2 rings (SSSR count). The molecule has 2 heterocycles. The third-order valence-electron chi connectivity index (χ3n) is 2.56. The first-order valence-electron chi connectivity index (χ1n) is 4.59. The quantitative estimate of drug-likeness (QED) is 0.837. The van der Waals surface area contributed by atoms with E-state index in [2.05, 4.69) is 4.98 Å². The number of amides is 1. The summed E-state index contributed by atoms with van der Waals surface area (Å²) in [7, 11) is 1.67. The van der Waals surface area contributed by atoms with Gasteiger partial charge in [-0.15, -0.1) is 12.4 Å². The minimum absolute atomic E-state index is 0. The van der Waals surface area contributed by atoms with Crippen molar-refractivity contribution in [3.05, 3.63) is 12.0 Å². The standard InChI is InChI=1S/C9H13N3O3.ClH/c1-9(14-2)4-12(5-9)8-11-6(3-15-8)7(10)13;/h3H,4-5H2,1-2H3,(H2,10,13);1H. The van der Waals surface area contributed by atoms with Gasteiger partial charge in [0.25, 0.3) is 11.9 Å². The molecule has 1 saturated heterocycles. The number of halogens is 1. The zero-order valence-corrected chi connectivity index (χ0v) is 9.91. The van der Waals surface area contributed by atoms with Crippen molar-refractivity contribution in [2.24, 2.45) is 5.73 Å². The van der Waals surface area contributed by atoms with Crippen molar-refractivity contribution in [2.45, 2.75) is 12.5 Å². The maximum absolute atomic E-state index is 10.8. The van der Waals surface area contributed by atoms with Crippen LogP contribution < -0.4 is 10.6 Å². The van der Waals surface area contributed by atoms with Gasteiger partial charge < -0.3 is 19.8 Å². The summed E-state index contributed by atoms with van der Waals surface area (Å²) in [5.74, 6) is -0.583. The van der Waals surface area contributed by atoms with E-state index in [4.69, 9.17) is 14.9 Å². The Morgan fingerprint density at radius 3 is 2.75 bits per heavy atom. The molecule has 0 bridgehead atoms. The van der Waals surface area contributed by atoms with Gasteiger partial charge in [0.05, 0.1) is 13.1 Å². The smallest absolute Gasteiger partial charge is 0.298 e. The zero-order chi connectivity index (χ0) is 11.1. The SMILES string of the molecule is COC1(C)CN(c2nc(C(N)=O)co2)C1.Cl. The molecular formula is C9H14ClN3O3. The highest BCUT2D eigenvalue weighted by molar-refractivity contribution is 5.90. The van der Waals surface area contributed by atoms with Crippen LogP contribution in [-0.2, 0) is 4.74 Å². The fourth-order valence-corrected chi connectivity index (χ4v) is 1.55. The number of ether oxygens (including phenoxy) is 1. The molecule has 2 N–H and O–H groups in total. The number of hydrogen-bond donors (Lipinski definition) is 1. The van der Waals surface area contributed by atoms with Crippen molar-refractivity contribution in [1.82, 2.24) is 4.98 Å². The second-order valence-electron chi connectivity index (χ2n) is 3.89. The molecule has 1 aromatic heterocycles.